The summed E-state index contributed by atoms with van der Waals surface area (Å²) in [6.07, 6.45) is 2.64. The molecule has 0 amide bonds. The molecule has 0 bridgehead atoms. The van der Waals surface area contributed by atoms with E-state index < -0.39 is 0 Å². The summed E-state index contributed by atoms with van der Waals surface area (Å²) in [4.78, 5) is 15.9. The Labute approximate surface area is 152 Å². The maximum absolute atomic E-state index is 5.69. The number of rotatable bonds is 4. The molecule has 0 unspecified atom stereocenters. The van der Waals surface area contributed by atoms with Crippen molar-refractivity contribution in [2.45, 2.75) is 25.9 Å². The summed E-state index contributed by atoms with van der Waals surface area (Å²) in [7, 11) is 1.66. The van der Waals surface area contributed by atoms with Crippen molar-refractivity contribution < 1.29 is 9.47 Å². The van der Waals surface area contributed by atoms with Crippen molar-refractivity contribution in [2.75, 3.05) is 38.9 Å². The van der Waals surface area contributed by atoms with Crippen molar-refractivity contribution in [1.29, 1.82) is 0 Å². The molecule has 1 saturated heterocycles. The van der Waals surface area contributed by atoms with E-state index in [4.69, 9.17) is 9.47 Å². The molecule has 138 valence electrons. The zero-order valence-electron chi connectivity index (χ0n) is 15.2. The van der Waals surface area contributed by atoms with Gasteiger partial charge in [0.1, 0.15) is 5.75 Å². The number of aliphatic imine (C=N–C) groups is 1. The van der Waals surface area contributed by atoms with Gasteiger partial charge >= 0.3 is 0 Å². The van der Waals surface area contributed by atoms with Crippen molar-refractivity contribution in [3.63, 3.8) is 0 Å². The molecule has 0 aliphatic carbocycles. The normalized spacial score (nSPS) is 20.7. The smallest absolute Gasteiger partial charge is 0.230 e. The molecule has 2 aliphatic rings. The van der Waals surface area contributed by atoms with Crippen LogP contribution in [-0.4, -0.2) is 60.5 Å². The second-order valence-corrected chi connectivity index (χ2v) is 6.61. The van der Waals surface area contributed by atoms with Crippen LogP contribution in [0.15, 0.2) is 23.2 Å². The van der Waals surface area contributed by atoms with Crippen LogP contribution in [0.5, 0.6) is 5.75 Å². The molecule has 4 rings (SSSR count). The van der Waals surface area contributed by atoms with Gasteiger partial charge in [-0.25, -0.2) is 15.0 Å². The molecule has 1 aromatic heterocycles. The molecule has 1 atom stereocenters. The summed E-state index contributed by atoms with van der Waals surface area (Å²) in [5.41, 5.74) is 1.77. The van der Waals surface area contributed by atoms with E-state index in [1.807, 2.05) is 25.1 Å². The van der Waals surface area contributed by atoms with Crippen LogP contribution in [0.3, 0.4) is 0 Å². The number of methoxy groups -OCH3 is 1. The second-order valence-electron chi connectivity index (χ2n) is 6.61. The standard InChI is InChI=1S/C18H24N6O2/c1-12-15-8-13(25-2)5-6-16(15)22-18(21-12)23-17-19-10-24(11-20-17)9-14-4-3-7-26-14/h5-6,8,14H,3-4,7,9-11H2,1-2H3,(H2,19,20,21,22,23)/t14-/m0/s1. The second kappa shape index (κ2) is 7.43. The number of nitrogens with one attached hydrogen (secondary N) is 2. The highest BCUT2D eigenvalue weighted by molar-refractivity contribution is 5.93. The first kappa shape index (κ1) is 17.0. The van der Waals surface area contributed by atoms with Gasteiger partial charge in [-0.15, -0.1) is 0 Å². The van der Waals surface area contributed by atoms with Crippen molar-refractivity contribution in [3.8, 4) is 5.75 Å². The third kappa shape index (κ3) is 3.71. The summed E-state index contributed by atoms with van der Waals surface area (Å²) < 4.78 is 11.0. The van der Waals surface area contributed by atoms with Gasteiger partial charge < -0.3 is 14.8 Å². The van der Waals surface area contributed by atoms with Crippen LogP contribution in [0.25, 0.3) is 10.9 Å². The van der Waals surface area contributed by atoms with E-state index in [1.165, 1.54) is 0 Å². The van der Waals surface area contributed by atoms with E-state index in [0.29, 0.717) is 24.7 Å². The number of anilines is 1. The summed E-state index contributed by atoms with van der Waals surface area (Å²) in [6.45, 7) is 5.13. The van der Waals surface area contributed by atoms with Crippen molar-refractivity contribution >= 4 is 22.8 Å². The van der Waals surface area contributed by atoms with Crippen molar-refractivity contribution in [1.82, 2.24) is 20.2 Å². The molecule has 1 fully saturated rings. The Kier molecular flexibility index (Phi) is 4.85. The highest BCUT2D eigenvalue weighted by Gasteiger charge is 2.21. The molecule has 8 heteroatoms. The number of benzene rings is 1. The molecular weight excluding hydrogens is 332 g/mol. The number of hydrogen-bond donors (Lipinski definition) is 2. The van der Waals surface area contributed by atoms with Gasteiger partial charge in [0, 0.05) is 18.5 Å². The maximum Gasteiger partial charge on any atom is 0.230 e. The van der Waals surface area contributed by atoms with Crippen LogP contribution in [0.4, 0.5) is 5.95 Å². The molecule has 8 nitrogen and oxygen atoms in total. The fraction of sp³-hybridized carbons (Fsp3) is 0.500. The van der Waals surface area contributed by atoms with Crippen molar-refractivity contribution in [2.24, 2.45) is 4.99 Å². The Morgan fingerprint density at radius 3 is 3.04 bits per heavy atom. The number of ether oxygens (including phenoxy) is 2. The lowest BCUT2D eigenvalue weighted by molar-refractivity contribution is 0.0715. The van der Waals surface area contributed by atoms with E-state index in [9.17, 15) is 0 Å². The van der Waals surface area contributed by atoms with E-state index in [-0.39, 0.29) is 0 Å². The number of aromatic nitrogens is 2. The van der Waals surface area contributed by atoms with Gasteiger partial charge in [0.25, 0.3) is 0 Å². The number of nitrogens with zero attached hydrogens (tertiary/aromatic N) is 4. The number of hydrogen-bond acceptors (Lipinski definition) is 8. The largest absolute Gasteiger partial charge is 0.497 e. The Hall–Kier alpha value is -2.45. The van der Waals surface area contributed by atoms with Crippen molar-refractivity contribution in [3.05, 3.63) is 23.9 Å². The number of aryl methyl sites for hydroxylation is 1. The van der Waals surface area contributed by atoms with Gasteiger partial charge in [0.15, 0.2) is 0 Å². The third-order valence-corrected chi connectivity index (χ3v) is 4.71. The molecule has 26 heavy (non-hydrogen) atoms. The maximum atomic E-state index is 5.69. The number of fused-ring (bicyclic) bond motifs is 1. The summed E-state index contributed by atoms with van der Waals surface area (Å²) >= 11 is 0. The lowest BCUT2D eigenvalue weighted by Crippen LogP contribution is -2.48. The number of guanidine groups is 1. The van der Waals surface area contributed by atoms with Gasteiger partial charge in [-0.1, -0.05) is 0 Å². The van der Waals surface area contributed by atoms with Crippen LogP contribution in [0.1, 0.15) is 18.5 Å². The molecule has 0 spiro atoms. The monoisotopic (exact) mass is 356 g/mol. The zero-order chi connectivity index (χ0) is 17.9. The van der Waals surface area contributed by atoms with Crippen LogP contribution >= 0.6 is 0 Å². The van der Waals surface area contributed by atoms with E-state index >= 15 is 0 Å². The van der Waals surface area contributed by atoms with Crippen LogP contribution in [-0.2, 0) is 4.74 Å². The van der Waals surface area contributed by atoms with Gasteiger partial charge in [-0.05, 0) is 38.0 Å². The minimum atomic E-state index is 0.338. The SMILES string of the molecule is COc1ccc2nc(NC3=NCN(C[C@@H]4CCCO4)CN3)nc(C)c2c1. The molecular formula is C18H24N6O2. The van der Waals surface area contributed by atoms with Gasteiger partial charge in [-0.3, -0.25) is 10.2 Å². The van der Waals surface area contributed by atoms with E-state index in [2.05, 4.69) is 30.5 Å². The Morgan fingerprint density at radius 1 is 1.38 bits per heavy atom. The van der Waals surface area contributed by atoms with Gasteiger partial charge in [-0.2, -0.15) is 0 Å². The molecule has 2 N–H and O–H groups in total. The molecule has 2 aromatic rings. The minimum Gasteiger partial charge on any atom is -0.497 e. The first-order valence-electron chi connectivity index (χ1n) is 8.93. The fourth-order valence-corrected chi connectivity index (χ4v) is 3.30. The van der Waals surface area contributed by atoms with Gasteiger partial charge in [0.05, 0.1) is 37.8 Å². The average molecular weight is 356 g/mol. The molecule has 0 saturated carbocycles. The quantitative estimate of drug-likeness (QED) is 0.863. The lowest BCUT2D eigenvalue weighted by Gasteiger charge is -2.28. The minimum absolute atomic E-state index is 0.338. The highest BCUT2D eigenvalue weighted by atomic mass is 16.5. The topological polar surface area (TPSA) is 83.9 Å². The third-order valence-electron chi connectivity index (χ3n) is 4.71. The molecule has 0 radical (unpaired) electrons. The molecule has 2 aliphatic heterocycles. The van der Waals surface area contributed by atoms with Crippen LogP contribution in [0.2, 0.25) is 0 Å². The Morgan fingerprint density at radius 2 is 2.31 bits per heavy atom. The predicted molar refractivity (Wildman–Crippen MR) is 100 cm³/mol. The summed E-state index contributed by atoms with van der Waals surface area (Å²) in [6, 6.07) is 5.79. The Bertz CT molecular complexity index is 819. The first-order chi connectivity index (χ1) is 12.7. The first-order valence-corrected chi connectivity index (χ1v) is 8.93. The summed E-state index contributed by atoms with van der Waals surface area (Å²) in [5, 5.41) is 7.45. The molecule has 1 aromatic carbocycles. The van der Waals surface area contributed by atoms with E-state index in [0.717, 1.165) is 55.0 Å². The molecule has 3 heterocycles. The lowest BCUT2D eigenvalue weighted by atomic mass is 10.2. The van der Waals surface area contributed by atoms with E-state index in [1.54, 1.807) is 7.11 Å². The van der Waals surface area contributed by atoms with Crippen LogP contribution in [0, 0.1) is 6.92 Å². The highest BCUT2D eigenvalue weighted by Crippen LogP contribution is 2.22. The predicted octanol–water partition coefficient (Wildman–Crippen LogP) is 1.71. The summed E-state index contributed by atoms with van der Waals surface area (Å²) in [5.74, 6) is 2.04. The van der Waals surface area contributed by atoms with Crippen LogP contribution < -0.4 is 15.4 Å². The average Bonchev–Trinajstić information content (AvgIpc) is 3.16. The Balaban J connectivity index is 1.43. The van der Waals surface area contributed by atoms with Gasteiger partial charge in [0.2, 0.25) is 11.9 Å². The fourth-order valence-electron chi connectivity index (χ4n) is 3.30. The zero-order valence-corrected chi connectivity index (χ0v) is 15.2.